The number of allylic oxidation sites excluding steroid dienone is 2. The number of hydrogen-bond acceptors (Lipinski definition) is 4. The Hall–Kier alpha value is -1.31. The summed E-state index contributed by atoms with van der Waals surface area (Å²) in [5.74, 6) is 0.295. The molecule has 2 aromatic carbocycles. The molecule has 1 aliphatic carbocycles. The quantitative estimate of drug-likeness (QED) is 0.263. The van der Waals surface area contributed by atoms with Crippen LogP contribution in [0.4, 0.5) is 0 Å². The molecule has 0 radical (unpaired) electrons. The van der Waals surface area contributed by atoms with E-state index < -0.39 is 24.4 Å². The van der Waals surface area contributed by atoms with Gasteiger partial charge in [0.05, 0.1) is 24.4 Å². The van der Waals surface area contributed by atoms with Gasteiger partial charge in [0.2, 0.25) is 0 Å². The zero-order valence-corrected chi connectivity index (χ0v) is 32.1. The van der Waals surface area contributed by atoms with Gasteiger partial charge in [-0.1, -0.05) is 105 Å². The Labute approximate surface area is 289 Å². The van der Waals surface area contributed by atoms with Crippen molar-refractivity contribution < 1.29 is 70.3 Å². The van der Waals surface area contributed by atoms with Gasteiger partial charge in [0.25, 0.3) is 0 Å². The van der Waals surface area contributed by atoms with Crippen molar-refractivity contribution in [2.45, 2.75) is 88.6 Å². The second-order valence-electron chi connectivity index (χ2n) is 10.9. The summed E-state index contributed by atoms with van der Waals surface area (Å²) in [6.45, 7) is 3.11. The van der Waals surface area contributed by atoms with E-state index >= 15 is 0 Å². The molecule has 4 unspecified atom stereocenters. The van der Waals surface area contributed by atoms with Crippen molar-refractivity contribution in [3.63, 3.8) is 0 Å². The summed E-state index contributed by atoms with van der Waals surface area (Å²) in [5.41, 5.74) is 2.23. The molecule has 0 bridgehead atoms. The second-order valence-corrected chi connectivity index (χ2v) is 10.9. The average molecular weight is 716 g/mol. The van der Waals surface area contributed by atoms with Gasteiger partial charge in [-0.3, -0.25) is 0 Å². The number of rotatable bonds is 8. The third-order valence-corrected chi connectivity index (χ3v) is 7.78. The zero-order chi connectivity index (χ0) is 28.4. The molecule has 10 heteroatoms. The van der Waals surface area contributed by atoms with Crippen molar-refractivity contribution in [1.29, 1.82) is 0 Å². The van der Waals surface area contributed by atoms with Crippen LogP contribution in [0.2, 0.25) is 0 Å². The number of piperidine rings is 1. The first-order valence-corrected chi connectivity index (χ1v) is 15.0. The molecule has 2 fully saturated rings. The fourth-order valence-electron chi connectivity index (χ4n) is 5.28. The summed E-state index contributed by atoms with van der Waals surface area (Å²) in [7, 11) is 0. The predicted octanol–water partition coefficient (Wildman–Crippen LogP) is 5.54. The molecule has 0 spiro atoms. The topological polar surface area (TPSA) is 172 Å². The standard InChI is InChI=1S/C24H32O4.C5H10N.C5H6N.2H2O.2Zn/c25-21(17-7-3-1-4-8-17)15-23(27)19-11-13-20(14-12-19)24(28)16-22(26)18-9-5-2-6-10-18;2*1-2-4-6-5-3-1;;;;/h1,3-4,7-8,11-14,18,21-28H,2,5-6,9-10,15-16H2;1-5H2;1-4H,5H2;2*1H2;;/q;2*-1;;;;+2. The Balaban J connectivity index is 0. The number of benzene rings is 2. The maximum Gasteiger partial charge on any atom is 2.00 e. The predicted molar refractivity (Wildman–Crippen MR) is 170 cm³/mol. The maximum absolute atomic E-state index is 10.5. The molecular formula is C34H52N2O6Zn2. The van der Waals surface area contributed by atoms with E-state index in [0.29, 0.717) is 17.9 Å². The fraction of sp³-hybridized carbons (Fsp3) is 0.529. The number of aliphatic hydroxyl groups excluding tert-OH is 4. The van der Waals surface area contributed by atoms with Crippen molar-refractivity contribution in [3.8, 4) is 0 Å². The van der Waals surface area contributed by atoms with Crippen LogP contribution in [0, 0.1) is 5.92 Å². The zero-order valence-electron chi connectivity index (χ0n) is 26.2. The Morgan fingerprint density at radius 2 is 1.14 bits per heavy atom. The molecule has 2 heterocycles. The molecule has 4 atom stereocenters. The van der Waals surface area contributed by atoms with Crippen LogP contribution in [0.5, 0.6) is 0 Å². The Morgan fingerprint density at radius 3 is 1.52 bits per heavy atom. The van der Waals surface area contributed by atoms with E-state index in [9.17, 15) is 20.4 Å². The number of nitrogens with zero attached hydrogens (tertiary/aromatic N) is 2. The van der Waals surface area contributed by atoms with Crippen LogP contribution in [0.25, 0.3) is 10.6 Å². The third-order valence-electron chi connectivity index (χ3n) is 7.78. The smallest absolute Gasteiger partial charge is 0.687 e. The molecular weight excluding hydrogens is 663 g/mol. The summed E-state index contributed by atoms with van der Waals surface area (Å²) in [6, 6.07) is 16.5. The van der Waals surface area contributed by atoms with Crippen molar-refractivity contribution in [2.75, 3.05) is 19.6 Å². The largest absolute Gasteiger partial charge is 2.00 e. The maximum atomic E-state index is 10.5. The molecule has 8 nitrogen and oxygen atoms in total. The molecule has 2 aromatic rings. The van der Waals surface area contributed by atoms with E-state index in [4.69, 9.17) is 0 Å². The first-order valence-electron chi connectivity index (χ1n) is 15.0. The Kier molecular flexibility index (Phi) is 27.4. The van der Waals surface area contributed by atoms with Crippen molar-refractivity contribution >= 4 is 0 Å². The first kappa shape index (κ1) is 44.8. The van der Waals surface area contributed by atoms with E-state index in [1.807, 2.05) is 48.6 Å². The van der Waals surface area contributed by atoms with E-state index in [-0.39, 0.29) is 56.3 Å². The van der Waals surface area contributed by atoms with Gasteiger partial charge in [0.1, 0.15) is 0 Å². The summed E-state index contributed by atoms with van der Waals surface area (Å²) in [6.07, 6.45) is 15.3. The van der Waals surface area contributed by atoms with Crippen LogP contribution >= 0.6 is 0 Å². The molecule has 5 rings (SSSR count). The van der Waals surface area contributed by atoms with Gasteiger partial charge >= 0.3 is 19.5 Å². The molecule has 238 valence electrons. The Bertz CT molecular complexity index is 964. The molecule has 44 heavy (non-hydrogen) atoms. The van der Waals surface area contributed by atoms with Crippen molar-refractivity contribution in [1.82, 2.24) is 0 Å². The monoisotopic (exact) mass is 712 g/mol. The molecule has 2 aliphatic heterocycles. The molecule has 8 N–H and O–H groups in total. The van der Waals surface area contributed by atoms with Crippen LogP contribution < -0.4 is 0 Å². The van der Waals surface area contributed by atoms with E-state index in [2.05, 4.69) is 10.6 Å². The SMILES string of the molecule is C1=CC[N-]C=C1.C1CC[N-]CC1.O.O.OC(CC(O)c1ccc(C(O)CC(O)C2CCCCC2)cc1)c1ccccc1.[Zn+2].[Zn]. The molecule has 3 aliphatic rings. The van der Waals surface area contributed by atoms with E-state index in [0.717, 1.165) is 43.6 Å². The van der Waals surface area contributed by atoms with Crippen LogP contribution in [0.1, 0.15) is 99.2 Å². The van der Waals surface area contributed by atoms with Gasteiger partial charge < -0.3 is 42.0 Å². The van der Waals surface area contributed by atoms with Gasteiger partial charge in [-0.2, -0.15) is 6.20 Å². The van der Waals surface area contributed by atoms with E-state index in [1.165, 1.54) is 38.5 Å². The third kappa shape index (κ3) is 17.4. The summed E-state index contributed by atoms with van der Waals surface area (Å²) in [4.78, 5) is 0. The van der Waals surface area contributed by atoms with E-state index in [1.54, 1.807) is 30.5 Å². The number of aliphatic hydroxyl groups is 4. The van der Waals surface area contributed by atoms with Gasteiger partial charge in [-0.05, 0) is 35.4 Å². The average Bonchev–Trinajstić information content (AvgIpc) is 3.04. The van der Waals surface area contributed by atoms with Crippen LogP contribution in [0.3, 0.4) is 0 Å². The van der Waals surface area contributed by atoms with Gasteiger partial charge in [0.15, 0.2) is 0 Å². The van der Waals surface area contributed by atoms with Crippen LogP contribution in [-0.4, -0.2) is 57.1 Å². The molecule has 0 amide bonds. The van der Waals surface area contributed by atoms with Gasteiger partial charge in [0, 0.05) is 32.3 Å². The summed E-state index contributed by atoms with van der Waals surface area (Å²) < 4.78 is 0. The molecule has 1 saturated carbocycles. The summed E-state index contributed by atoms with van der Waals surface area (Å²) >= 11 is 0. The molecule has 0 aromatic heterocycles. The molecule has 1 saturated heterocycles. The van der Waals surface area contributed by atoms with Gasteiger partial charge in [-0.25, -0.2) is 0 Å². The van der Waals surface area contributed by atoms with Crippen molar-refractivity contribution in [3.05, 3.63) is 106 Å². The van der Waals surface area contributed by atoms with Crippen LogP contribution in [0.15, 0.2) is 79.0 Å². The Morgan fingerprint density at radius 1 is 0.636 bits per heavy atom. The second kappa shape index (κ2) is 26.9. The first-order chi connectivity index (χ1) is 19.5. The van der Waals surface area contributed by atoms with Crippen molar-refractivity contribution in [2.24, 2.45) is 5.92 Å². The normalized spacial score (nSPS) is 18.2. The minimum absolute atomic E-state index is 0. The van der Waals surface area contributed by atoms with Gasteiger partial charge in [-0.15, -0.1) is 25.7 Å². The minimum Gasteiger partial charge on any atom is -0.687 e. The van der Waals surface area contributed by atoms with Crippen LogP contribution in [-0.2, 0) is 39.0 Å². The fourth-order valence-corrected chi connectivity index (χ4v) is 5.28. The summed E-state index contributed by atoms with van der Waals surface area (Å²) in [5, 5.41) is 49.7. The minimum atomic E-state index is -0.783. The number of hydrogen-bond donors (Lipinski definition) is 4.